The van der Waals surface area contributed by atoms with Crippen LogP contribution >= 0.6 is 0 Å². The summed E-state index contributed by atoms with van der Waals surface area (Å²) in [6, 6.07) is 5.84. The van der Waals surface area contributed by atoms with E-state index in [9.17, 15) is 4.79 Å². The number of hydrogen-bond donors (Lipinski definition) is 2. The molecule has 1 heterocycles. The first-order chi connectivity index (χ1) is 7.29. The van der Waals surface area contributed by atoms with Crippen molar-refractivity contribution in [1.29, 1.82) is 0 Å². The van der Waals surface area contributed by atoms with E-state index in [1.54, 1.807) is 6.08 Å². The zero-order chi connectivity index (χ0) is 10.7. The number of ether oxygens (including phenoxy) is 1. The second-order valence-electron chi connectivity index (χ2n) is 3.31. The van der Waals surface area contributed by atoms with E-state index in [4.69, 9.17) is 10.6 Å². The molecule has 0 saturated heterocycles. The maximum absolute atomic E-state index is 10.9. The molecule has 0 atom stereocenters. The maximum Gasteiger partial charge on any atom is 0.257 e. The van der Waals surface area contributed by atoms with Crippen molar-refractivity contribution in [3.63, 3.8) is 0 Å². The van der Waals surface area contributed by atoms with Crippen LogP contribution in [0, 0.1) is 0 Å². The summed E-state index contributed by atoms with van der Waals surface area (Å²) in [5.74, 6) is 5.58. The van der Waals surface area contributed by atoms with E-state index >= 15 is 0 Å². The third kappa shape index (κ3) is 2.16. The lowest BCUT2D eigenvalue weighted by molar-refractivity contribution is -0.116. The molecule has 1 aliphatic heterocycles. The van der Waals surface area contributed by atoms with Crippen molar-refractivity contribution in [2.24, 2.45) is 5.84 Å². The molecule has 0 saturated carbocycles. The molecule has 0 fully saturated rings. The number of rotatable bonds is 2. The monoisotopic (exact) mass is 204 g/mol. The van der Waals surface area contributed by atoms with Crippen molar-refractivity contribution in [1.82, 2.24) is 5.43 Å². The molecule has 0 radical (unpaired) electrons. The average Bonchev–Trinajstić information content (AvgIpc) is 2.72. The van der Waals surface area contributed by atoms with Crippen LogP contribution in [0.4, 0.5) is 0 Å². The highest BCUT2D eigenvalue weighted by Gasteiger charge is 2.10. The van der Waals surface area contributed by atoms with E-state index in [2.05, 4.69) is 0 Å². The van der Waals surface area contributed by atoms with E-state index in [0.717, 1.165) is 24.3 Å². The first-order valence-corrected chi connectivity index (χ1v) is 4.74. The van der Waals surface area contributed by atoms with Crippen molar-refractivity contribution in [2.75, 3.05) is 6.61 Å². The Labute approximate surface area is 87.7 Å². The Balaban J connectivity index is 2.16. The quantitative estimate of drug-likeness (QED) is 0.321. The van der Waals surface area contributed by atoms with Crippen molar-refractivity contribution in [3.05, 3.63) is 35.4 Å². The van der Waals surface area contributed by atoms with Crippen LogP contribution in [0.1, 0.15) is 11.1 Å². The summed E-state index contributed by atoms with van der Waals surface area (Å²) < 4.78 is 5.38. The summed E-state index contributed by atoms with van der Waals surface area (Å²) in [7, 11) is 0. The van der Waals surface area contributed by atoms with Crippen LogP contribution in [-0.2, 0) is 11.2 Å². The third-order valence-corrected chi connectivity index (χ3v) is 2.28. The third-order valence-electron chi connectivity index (χ3n) is 2.28. The minimum absolute atomic E-state index is 0.313. The molecule has 0 bridgehead atoms. The molecule has 1 aliphatic rings. The van der Waals surface area contributed by atoms with Gasteiger partial charge in [0.25, 0.3) is 5.91 Å². The van der Waals surface area contributed by atoms with Gasteiger partial charge in [0.05, 0.1) is 6.61 Å². The second kappa shape index (κ2) is 4.14. The largest absolute Gasteiger partial charge is 0.493 e. The molecule has 0 aromatic heterocycles. The van der Waals surface area contributed by atoms with Crippen molar-refractivity contribution < 1.29 is 9.53 Å². The lowest BCUT2D eigenvalue weighted by Gasteiger charge is -1.99. The highest BCUT2D eigenvalue weighted by atomic mass is 16.5. The second-order valence-corrected chi connectivity index (χ2v) is 3.31. The molecule has 4 nitrogen and oxygen atoms in total. The predicted octanol–water partition coefficient (Wildman–Crippen LogP) is 0.625. The molecule has 0 unspecified atom stereocenters. The van der Waals surface area contributed by atoms with Gasteiger partial charge in [-0.2, -0.15) is 0 Å². The Morgan fingerprint density at radius 3 is 3.20 bits per heavy atom. The van der Waals surface area contributed by atoms with Gasteiger partial charge < -0.3 is 4.74 Å². The summed E-state index contributed by atoms with van der Waals surface area (Å²) in [6.07, 6.45) is 4.05. The number of nitrogens with one attached hydrogen (secondary N) is 1. The van der Waals surface area contributed by atoms with Crippen LogP contribution in [0.5, 0.6) is 5.75 Å². The van der Waals surface area contributed by atoms with E-state index in [1.165, 1.54) is 11.6 Å². The highest BCUT2D eigenvalue weighted by Crippen LogP contribution is 2.26. The maximum atomic E-state index is 10.9. The molecular formula is C11H12N2O2. The van der Waals surface area contributed by atoms with Crippen LogP contribution < -0.4 is 16.0 Å². The highest BCUT2D eigenvalue weighted by molar-refractivity contribution is 5.91. The Morgan fingerprint density at radius 1 is 1.53 bits per heavy atom. The smallest absolute Gasteiger partial charge is 0.257 e. The Kier molecular flexibility index (Phi) is 2.69. The van der Waals surface area contributed by atoms with Gasteiger partial charge >= 0.3 is 0 Å². The molecule has 0 aliphatic carbocycles. The number of hydrogen-bond acceptors (Lipinski definition) is 3. The van der Waals surface area contributed by atoms with Gasteiger partial charge in [-0.05, 0) is 29.3 Å². The number of fused-ring (bicyclic) bond motifs is 1. The summed E-state index contributed by atoms with van der Waals surface area (Å²) in [6.45, 7) is 0.742. The Bertz CT molecular complexity index is 413. The average molecular weight is 204 g/mol. The summed E-state index contributed by atoms with van der Waals surface area (Å²) in [4.78, 5) is 10.9. The van der Waals surface area contributed by atoms with Crippen LogP contribution in [0.2, 0.25) is 0 Å². The van der Waals surface area contributed by atoms with Gasteiger partial charge in [0, 0.05) is 12.5 Å². The molecule has 1 amide bonds. The molecule has 0 spiro atoms. The lowest BCUT2D eigenvalue weighted by atomic mass is 10.1. The SMILES string of the molecule is NNC(=O)/C=C/c1ccc2c(c1)CCO2. The normalized spacial score (nSPS) is 13.7. The van der Waals surface area contributed by atoms with Gasteiger partial charge in [0.1, 0.15) is 5.75 Å². The molecular weight excluding hydrogens is 192 g/mol. The fraction of sp³-hybridized carbons (Fsp3) is 0.182. The number of carbonyl (C=O) groups is 1. The Morgan fingerprint density at radius 2 is 2.40 bits per heavy atom. The zero-order valence-electron chi connectivity index (χ0n) is 8.19. The number of hydrazine groups is 1. The van der Waals surface area contributed by atoms with Crippen molar-refractivity contribution in [2.45, 2.75) is 6.42 Å². The molecule has 15 heavy (non-hydrogen) atoms. The van der Waals surface area contributed by atoms with Crippen molar-refractivity contribution >= 4 is 12.0 Å². The van der Waals surface area contributed by atoms with Gasteiger partial charge in [0.2, 0.25) is 0 Å². The van der Waals surface area contributed by atoms with E-state index < -0.39 is 0 Å². The topological polar surface area (TPSA) is 64.3 Å². The summed E-state index contributed by atoms with van der Waals surface area (Å²) >= 11 is 0. The first kappa shape index (κ1) is 9.73. The zero-order valence-corrected chi connectivity index (χ0v) is 8.19. The van der Waals surface area contributed by atoms with Crippen molar-refractivity contribution in [3.8, 4) is 5.75 Å². The molecule has 2 rings (SSSR count). The lowest BCUT2D eigenvalue weighted by Crippen LogP contribution is -2.27. The van der Waals surface area contributed by atoms with Crippen LogP contribution in [0.3, 0.4) is 0 Å². The summed E-state index contributed by atoms with van der Waals surface area (Å²) in [5.41, 5.74) is 4.20. The van der Waals surface area contributed by atoms with Gasteiger partial charge in [0.15, 0.2) is 0 Å². The minimum atomic E-state index is -0.313. The van der Waals surface area contributed by atoms with Crippen LogP contribution in [-0.4, -0.2) is 12.5 Å². The Hall–Kier alpha value is -1.81. The van der Waals surface area contributed by atoms with Gasteiger partial charge in [-0.15, -0.1) is 0 Å². The van der Waals surface area contributed by atoms with E-state index in [1.807, 2.05) is 23.6 Å². The molecule has 1 aromatic rings. The number of nitrogens with two attached hydrogens (primary N) is 1. The molecule has 78 valence electrons. The fourth-order valence-corrected chi connectivity index (χ4v) is 1.53. The molecule has 1 aromatic carbocycles. The van der Waals surface area contributed by atoms with Gasteiger partial charge in [-0.25, -0.2) is 5.84 Å². The molecule has 4 heteroatoms. The van der Waals surface area contributed by atoms with Crippen LogP contribution in [0.15, 0.2) is 24.3 Å². The first-order valence-electron chi connectivity index (χ1n) is 4.74. The molecule has 3 N–H and O–H groups in total. The van der Waals surface area contributed by atoms with Crippen LogP contribution in [0.25, 0.3) is 6.08 Å². The van der Waals surface area contributed by atoms with E-state index in [0.29, 0.717) is 0 Å². The number of carbonyl (C=O) groups excluding carboxylic acids is 1. The predicted molar refractivity (Wildman–Crippen MR) is 57.0 cm³/mol. The standard InChI is InChI=1S/C11H12N2O2/c12-13-11(14)4-2-8-1-3-10-9(7-8)5-6-15-10/h1-4,7H,5-6,12H2,(H,13,14)/b4-2+. The van der Waals surface area contributed by atoms with Gasteiger partial charge in [-0.3, -0.25) is 10.2 Å². The number of benzene rings is 1. The van der Waals surface area contributed by atoms with E-state index in [-0.39, 0.29) is 5.91 Å². The van der Waals surface area contributed by atoms with Gasteiger partial charge in [-0.1, -0.05) is 6.07 Å². The fourth-order valence-electron chi connectivity index (χ4n) is 1.53. The summed E-state index contributed by atoms with van der Waals surface area (Å²) in [5, 5.41) is 0. The number of amides is 1. The minimum Gasteiger partial charge on any atom is -0.493 e.